The van der Waals surface area contributed by atoms with Crippen molar-refractivity contribution in [3.05, 3.63) is 0 Å². The Hall–Kier alpha value is -0.585. The second-order valence-corrected chi connectivity index (χ2v) is 6.46. The van der Waals surface area contributed by atoms with Crippen LogP contribution in [0.15, 0.2) is 0 Å². The van der Waals surface area contributed by atoms with Gasteiger partial charge in [-0.25, -0.2) is 0 Å². The molecule has 0 spiro atoms. The van der Waals surface area contributed by atoms with Crippen molar-refractivity contribution in [2.45, 2.75) is 65.2 Å². The monoisotopic (exact) mass is 287 g/mol. The van der Waals surface area contributed by atoms with Crippen LogP contribution in [0.4, 0.5) is 0 Å². The molecule has 1 saturated carbocycles. The predicted octanol–water partition coefficient (Wildman–Crippen LogP) is 1.18. The van der Waals surface area contributed by atoms with Crippen LogP contribution in [-0.4, -0.2) is 40.3 Å². The van der Waals surface area contributed by atoms with Crippen molar-refractivity contribution in [2.24, 2.45) is 11.8 Å². The maximum Gasteiger partial charge on any atom is 0.451 e. The molecule has 1 aliphatic carbocycles. The van der Waals surface area contributed by atoms with Crippen molar-refractivity contribution >= 4 is 13.0 Å². The molecule has 5 nitrogen and oxygen atoms in total. The number of carbonyl (C=O) groups excluding carboxylic acids is 1. The van der Waals surface area contributed by atoms with Gasteiger partial charge in [-0.1, -0.05) is 19.8 Å². The van der Waals surface area contributed by atoms with E-state index in [1.54, 1.807) is 6.92 Å². The average molecular weight is 287 g/mol. The summed E-state index contributed by atoms with van der Waals surface area (Å²) in [7, 11) is -1.12. The molecule has 0 radical (unpaired) electrons. The molecule has 2 atom stereocenters. The fraction of sp³-hybridized carbons (Fsp3) is 0.929. The fourth-order valence-corrected chi connectivity index (χ4v) is 2.23. The van der Waals surface area contributed by atoms with Crippen LogP contribution in [0.2, 0.25) is 6.32 Å². The number of aliphatic hydroxyl groups excluding tert-OH is 1. The summed E-state index contributed by atoms with van der Waals surface area (Å²) in [5.74, 6) is 0.297. The minimum Gasteiger partial charge on any atom is -0.427 e. The van der Waals surface area contributed by atoms with Crippen molar-refractivity contribution in [3.63, 3.8) is 0 Å². The van der Waals surface area contributed by atoms with Crippen LogP contribution in [-0.2, 0) is 4.79 Å². The molecular weight excluding hydrogens is 257 g/mol. The van der Waals surface area contributed by atoms with Gasteiger partial charge in [0, 0.05) is 18.1 Å². The maximum absolute atomic E-state index is 12.0. The molecule has 1 rings (SSSR count). The van der Waals surface area contributed by atoms with Gasteiger partial charge in [0.1, 0.15) is 0 Å². The molecule has 2 unspecified atom stereocenters. The first-order valence-electron chi connectivity index (χ1n) is 7.50. The highest BCUT2D eigenvalue weighted by atomic mass is 16.4. The molecule has 118 valence electrons. The van der Waals surface area contributed by atoms with E-state index >= 15 is 0 Å². The summed E-state index contributed by atoms with van der Waals surface area (Å²) < 4.78 is 0. The van der Waals surface area contributed by atoms with Crippen molar-refractivity contribution in [1.82, 2.24) is 5.32 Å². The minimum atomic E-state index is -1.12. The van der Waals surface area contributed by atoms with E-state index < -0.39 is 7.12 Å². The van der Waals surface area contributed by atoms with Crippen molar-refractivity contribution in [1.29, 1.82) is 0 Å². The lowest BCUT2D eigenvalue weighted by atomic mass is 9.79. The lowest BCUT2D eigenvalue weighted by molar-refractivity contribution is -0.130. The Balaban J connectivity index is 0.000000621. The van der Waals surface area contributed by atoms with E-state index in [-0.39, 0.29) is 29.9 Å². The van der Waals surface area contributed by atoms with Crippen LogP contribution in [0.1, 0.15) is 53.4 Å². The summed E-state index contributed by atoms with van der Waals surface area (Å²) in [5.41, 5.74) is -0.172. The number of hydrogen-bond acceptors (Lipinski definition) is 4. The van der Waals surface area contributed by atoms with Gasteiger partial charge in [-0.05, 0) is 45.9 Å². The summed E-state index contributed by atoms with van der Waals surface area (Å²) in [6, 6.07) is 0. The molecule has 0 aromatic rings. The van der Waals surface area contributed by atoms with E-state index in [1.807, 2.05) is 20.8 Å². The van der Waals surface area contributed by atoms with E-state index in [0.717, 1.165) is 25.7 Å². The molecule has 0 heterocycles. The summed E-state index contributed by atoms with van der Waals surface area (Å²) in [4.78, 5) is 12.0. The third-order valence-electron chi connectivity index (χ3n) is 3.34. The van der Waals surface area contributed by atoms with Crippen LogP contribution in [0.5, 0.6) is 0 Å². The summed E-state index contributed by atoms with van der Waals surface area (Å²) in [6.45, 7) is 7.80. The lowest BCUT2D eigenvalue weighted by Crippen LogP contribution is -2.46. The molecule has 20 heavy (non-hydrogen) atoms. The Kier molecular flexibility index (Phi) is 9.10. The summed E-state index contributed by atoms with van der Waals surface area (Å²) in [5, 5.41) is 28.1. The van der Waals surface area contributed by atoms with Crippen molar-refractivity contribution in [2.75, 3.05) is 6.61 Å². The third-order valence-corrected chi connectivity index (χ3v) is 3.34. The highest BCUT2D eigenvalue weighted by molar-refractivity contribution is 6.40. The second kappa shape index (κ2) is 9.37. The maximum atomic E-state index is 12.0. The SMILES string of the molecule is CC(C)(C)NC(=O)C1CCCCC1CO.CCB(O)O. The van der Waals surface area contributed by atoms with E-state index in [4.69, 9.17) is 10.0 Å². The Morgan fingerprint density at radius 3 is 2.15 bits per heavy atom. The standard InChI is InChI=1S/C12H23NO2.C2H7BO2/c1-12(2,3)13-11(15)10-7-5-4-6-9(10)8-14;1-2-3(4)5/h9-10,14H,4-8H2,1-3H3,(H,13,15);4-5H,2H2,1H3. The van der Waals surface area contributed by atoms with Crippen LogP contribution in [0, 0.1) is 11.8 Å². The Morgan fingerprint density at radius 2 is 1.75 bits per heavy atom. The number of nitrogens with one attached hydrogen (secondary N) is 1. The normalized spacial score (nSPS) is 22.6. The van der Waals surface area contributed by atoms with Gasteiger partial charge in [-0.15, -0.1) is 0 Å². The van der Waals surface area contributed by atoms with Crippen LogP contribution >= 0.6 is 0 Å². The quantitative estimate of drug-likeness (QED) is 0.587. The van der Waals surface area contributed by atoms with Crippen molar-refractivity contribution < 1.29 is 19.9 Å². The zero-order valence-electron chi connectivity index (χ0n) is 13.2. The van der Waals surface area contributed by atoms with Gasteiger partial charge >= 0.3 is 7.12 Å². The Morgan fingerprint density at radius 1 is 1.25 bits per heavy atom. The molecule has 1 amide bonds. The molecular formula is C14H30BNO4. The smallest absolute Gasteiger partial charge is 0.427 e. The number of aliphatic hydroxyl groups is 1. The average Bonchev–Trinajstić information content (AvgIpc) is 2.37. The fourth-order valence-electron chi connectivity index (χ4n) is 2.23. The van der Waals surface area contributed by atoms with Gasteiger partial charge in [-0.3, -0.25) is 4.79 Å². The summed E-state index contributed by atoms with van der Waals surface area (Å²) >= 11 is 0. The van der Waals surface area contributed by atoms with Gasteiger partial charge in [0.2, 0.25) is 5.91 Å². The number of hydrogen-bond donors (Lipinski definition) is 4. The number of rotatable bonds is 3. The van der Waals surface area contributed by atoms with E-state index in [0.29, 0.717) is 6.32 Å². The first-order valence-corrected chi connectivity index (χ1v) is 7.50. The largest absolute Gasteiger partial charge is 0.451 e. The van der Waals surface area contributed by atoms with Gasteiger partial charge in [0.25, 0.3) is 0 Å². The highest BCUT2D eigenvalue weighted by Crippen LogP contribution is 2.30. The number of amides is 1. The Bertz CT molecular complexity index is 279. The molecule has 1 fully saturated rings. The van der Waals surface area contributed by atoms with E-state index in [9.17, 15) is 9.90 Å². The van der Waals surface area contributed by atoms with Gasteiger partial charge in [0.15, 0.2) is 0 Å². The van der Waals surface area contributed by atoms with E-state index in [1.165, 1.54) is 0 Å². The first kappa shape index (κ1) is 19.4. The molecule has 0 aromatic heterocycles. The third kappa shape index (κ3) is 8.56. The zero-order valence-corrected chi connectivity index (χ0v) is 13.2. The van der Waals surface area contributed by atoms with Crippen LogP contribution in [0.3, 0.4) is 0 Å². The molecule has 0 aliphatic heterocycles. The van der Waals surface area contributed by atoms with Gasteiger partial charge in [-0.2, -0.15) is 0 Å². The van der Waals surface area contributed by atoms with Gasteiger partial charge in [0.05, 0.1) is 0 Å². The van der Waals surface area contributed by atoms with Crippen molar-refractivity contribution in [3.8, 4) is 0 Å². The molecule has 0 aromatic carbocycles. The Labute approximate surface area is 122 Å². The lowest BCUT2D eigenvalue weighted by Gasteiger charge is -2.32. The molecule has 1 aliphatic rings. The molecule has 0 bridgehead atoms. The highest BCUT2D eigenvalue weighted by Gasteiger charge is 2.31. The number of carbonyl (C=O) groups is 1. The van der Waals surface area contributed by atoms with E-state index in [2.05, 4.69) is 5.32 Å². The molecule has 4 N–H and O–H groups in total. The molecule has 6 heteroatoms. The van der Waals surface area contributed by atoms with Gasteiger partial charge < -0.3 is 20.5 Å². The second-order valence-electron chi connectivity index (χ2n) is 6.46. The minimum absolute atomic E-state index is 0.0166. The molecule has 0 saturated heterocycles. The zero-order chi connectivity index (χ0) is 15.8. The first-order chi connectivity index (χ1) is 9.21. The van der Waals surface area contributed by atoms with Crippen LogP contribution in [0.25, 0.3) is 0 Å². The summed E-state index contributed by atoms with van der Waals surface area (Å²) in [6.07, 6.45) is 4.58. The topological polar surface area (TPSA) is 89.8 Å². The van der Waals surface area contributed by atoms with Crippen LogP contribution < -0.4 is 5.32 Å². The predicted molar refractivity (Wildman–Crippen MR) is 81.1 cm³/mol.